The number of nitrogens with one attached hydrogen (secondary N) is 2. The molecule has 0 fully saturated rings. The van der Waals surface area contributed by atoms with Crippen molar-refractivity contribution in [1.29, 1.82) is 0 Å². The Bertz CT molecular complexity index is 597. The maximum atomic E-state index is 11.2. The fourth-order valence-corrected chi connectivity index (χ4v) is 1.82. The molecule has 0 saturated carbocycles. The van der Waals surface area contributed by atoms with Gasteiger partial charge in [-0.25, -0.2) is 4.98 Å². The first kappa shape index (κ1) is 13.8. The number of carboxylic acids is 1. The second-order valence-electron chi connectivity index (χ2n) is 4.39. The lowest BCUT2D eigenvalue weighted by Gasteiger charge is -2.13. The second-order valence-corrected chi connectivity index (χ2v) is 4.39. The Hall–Kier alpha value is -2.58. The lowest BCUT2D eigenvalue weighted by atomic mass is 10.1. The predicted octanol–water partition coefficient (Wildman–Crippen LogP) is 1.18. The molecule has 2 aromatic rings. The third-order valence-corrected chi connectivity index (χ3v) is 2.95. The highest BCUT2D eigenvalue weighted by Crippen LogP contribution is 2.05. The molecule has 0 aliphatic rings. The minimum Gasteiger partial charge on any atom is -0.480 e. The molecule has 0 spiro atoms. The van der Waals surface area contributed by atoms with Crippen LogP contribution in [0.15, 0.2) is 36.8 Å². The number of H-pyrrole nitrogens is 1. The fourth-order valence-electron chi connectivity index (χ4n) is 1.82. The van der Waals surface area contributed by atoms with E-state index in [0.29, 0.717) is 13.0 Å². The molecule has 5 nitrogen and oxygen atoms in total. The first-order valence-corrected chi connectivity index (χ1v) is 6.18. The maximum Gasteiger partial charge on any atom is 0.321 e. The molecule has 2 rings (SSSR count). The van der Waals surface area contributed by atoms with Crippen molar-refractivity contribution in [2.24, 2.45) is 0 Å². The number of carbonyl (C=O) groups is 1. The average Bonchev–Trinajstić information content (AvgIpc) is 2.96. The standard InChI is InChI=1S/C15H15N3O2/c1-2-11-3-5-12(6-4-11)8-17-14(15(19)20)7-13-9-16-10-18-13/h1,3-6,9-10,14,17H,7-8H2,(H,16,18)(H,19,20)/t14-/m1/s1. The minimum absolute atomic E-state index is 0.359. The molecular weight excluding hydrogens is 254 g/mol. The zero-order valence-corrected chi connectivity index (χ0v) is 10.8. The Morgan fingerprint density at radius 2 is 2.20 bits per heavy atom. The van der Waals surface area contributed by atoms with Crippen LogP contribution in [0.25, 0.3) is 0 Å². The monoisotopic (exact) mass is 269 g/mol. The highest BCUT2D eigenvalue weighted by atomic mass is 16.4. The van der Waals surface area contributed by atoms with Gasteiger partial charge in [0, 0.05) is 30.4 Å². The molecule has 5 heteroatoms. The van der Waals surface area contributed by atoms with Crippen molar-refractivity contribution >= 4 is 5.97 Å². The van der Waals surface area contributed by atoms with Crippen LogP contribution in [0.2, 0.25) is 0 Å². The quantitative estimate of drug-likeness (QED) is 0.688. The lowest BCUT2D eigenvalue weighted by molar-refractivity contribution is -0.139. The van der Waals surface area contributed by atoms with Crippen molar-refractivity contribution in [3.63, 3.8) is 0 Å². The van der Waals surface area contributed by atoms with Gasteiger partial charge in [-0.05, 0) is 17.7 Å². The number of aromatic amines is 1. The van der Waals surface area contributed by atoms with Gasteiger partial charge in [0.25, 0.3) is 0 Å². The number of hydrogen-bond donors (Lipinski definition) is 3. The minimum atomic E-state index is -0.889. The van der Waals surface area contributed by atoms with Gasteiger partial charge in [-0.1, -0.05) is 18.1 Å². The summed E-state index contributed by atoms with van der Waals surface area (Å²) < 4.78 is 0. The van der Waals surface area contributed by atoms with Crippen molar-refractivity contribution in [3.8, 4) is 12.3 Å². The van der Waals surface area contributed by atoms with E-state index in [1.54, 1.807) is 6.20 Å². The summed E-state index contributed by atoms with van der Waals surface area (Å²) in [5.74, 6) is 1.65. The van der Waals surface area contributed by atoms with Crippen LogP contribution in [0, 0.1) is 12.3 Å². The molecule has 0 aliphatic carbocycles. The molecule has 0 radical (unpaired) electrons. The molecule has 0 saturated heterocycles. The first-order chi connectivity index (χ1) is 9.69. The third kappa shape index (κ3) is 3.70. The van der Waals surface area contributed by atoms with Crippen LogP contribution in [-0.4, -0.2) is 27.1 Å². The van der Waals surface area contributed by atoms with Gasteiger partial charge < -0.3 is 10.1 Å². The van der Waals surface area contributed by atoms with Crippen molar-refractivity contribution in [3.05, 3.63) is 53.6 Å². The zero-order valence-electron chi connectivity index (χ0n) is 10.8. The van der Waals surface area contributed by atoms with Gasteiger partial charge in [-0.3, -0.25) is 10.1 Å². The number of aromatic nitrogens is 2. The summed E-state index contributed by atoms with van der Waals surface area (Å²) in [5.41, 5.74) is 2.58. The number of hydrogen-bond acceptors (Lipinski definition) is 3. The van der Waals surface area contributed by atoms with Gasteiger partial charge in [-0.2, -0.15) is 0 Å². The second kappa shape index (κ2) is 6.55. The van der Waals surface area contributed by atoms with Crippen LogP contribution < -0.4 is 5.32 Å². The number of benzene rings is 1. The van der Waals surface area contributed by atoms with Crippen LogP contribution in [0.1, 0.15) is 16.8 Å². The van der Waals surface area contributed by atoms with Crippen LogP contribution in [0.5, 0.6) is 0 Å². The summed E-state index contributed by atoms with van der Waals surface area (Å²) in [4.78, 5) is 18.0. The SMILES string of the molecule is C#Cc1ccc(CN[C@H](Cc2cnc[nH]2)C(=O)O)cc1. The summed E-state index contributed by atoms with van der Waals surface area (Å²) in [5, 5.41) is 12.2. The Morgan fingerprint density at radius 3 is 2.75 bits per heavy atom. The zero-order chi connectivity index (χ0) is 14.4. The normalized spacial score (nSPS) is 11.8. The highest BCUT2D eigenvalue weighted by molar-refractivity contribution is 5.73. The van der Waals surface area contributed by atoms with Crippen molar-refractivity contribution in [1.82, 2.24) is 15.3 Å². The topological polar surface area (TPSA) is 78.0 Å². The van der Waals surface area contributed by atoms with Crippen LogP contribution in [-0.2, 0) is 17.8 Å². The summed E-state index contributed by atoms with van der Waals surface area (Å²) in [7, 11) is 0. The molecule has 1 atom stereocenters. The fraction of sp³-hybridized carbons (Fsp3) is 0.200. The Balaban J connectivity index is 1.94. The number of rotatable bonds is 6. The van der Waals surface area contributed by atoms with E-state index in [0.717, 1.165) is 16.8 Å². The number of terminal acetylenes is 1. The van der Waals surface area contributed by atoms with E-state index in [1.165, 1.54) is 6.33 Å². The molecule has 0 aliphatic heterocycles. The highest BCUT2D eigenvalue weighted by Gasteiger charge is 2.17. The predicted molar refractivity (Wildman–Crippen MR) is 74.9 cm³/mol. The largest absolute Gasteiger partial charge is 0.480 e. The maximum absolute atomic E-state index is 11.2. The lowest BCUT2D eigenvalue weighted by Crippen LogP contribution is -2.38. The molecule has 0 unspecified atom stereocenters. The number of aliphatic carboxylic acids is 1. The van der Waals surface area contributed by atoms with Gasteiger partial charge in [0.15, 0.2) is 0 Å². The molecule has 0 bridgehead atoms. The number of imidazole rings is 1. The molecular formula is C15H15N3O2. The Labute approximate surface area is 117 Å². The molecule has 1 aromatic carbocycles. The van der Waals surface area contributed by atoms with E-state index in [2.05, 4.69) is 21.2 Å². The van der Waals surface area contributed by atoms with Crippen molar-refractivity contribution in [2.75, 3.05) is 0 Å². The van der Waals surface area contributed by atoms with Gasteiger partial charge >= 0.3 is 5.97 Å². The summed E-state index contributed by atoms with van der Waals surface area (Å²) in [6.07, 6.45) is 8.80. The van der Waals surface area contributed by atoms with Crippen LogP contribution in [0.4, 0.5) is 0 Å². The molecule has 102 valence electrons. The molecule has 1 aromatic heterocycles. The van der Waals surface area contributed by atoms with E-state index >= 15 is 0 Å². The van der Waals surface area contributed by atoms with Crippen LogP contribution >= 0.6 is 0 Å². The smallest absolute Gasteiger partial charge is 0.321 e. The summed E-state index contributed by atoms with van der Waals surface area (Å²) in [6.45, 7) is 0.468. The molecule has 20 heavy (non-hydrogen) atoms. The van der Waals surface area contributed by atoms with Gasteiger partial charge in [0.1, 0.15) is 6.04 Å². The molecule has 3 N–H and O–H groups in total. The number of carboxylic acid groups (broad SMARTS) is 1. The first-order valence-electron chi connectivity index (χ1n) is 6.18. The summed E-state index contributed by atoms with van der Waals surface area (Å²) in [6, 6.07) is 6.78. The van der Waals surface area contributed by atoms with E-state index < -0.39 is 12.0 Å². The van der Waals surface area contributed by atoms with Crippen molar-refractivity contribution < 1.29 is 9.90 Å². The van der Waals surface area contributed by atoms with Crippen LogP contribution in [0.3, 0.4) is 0 Å². The Morgan fingerprint density at radius 1 is 1.45 bits per heavy atom. The summed E-state index contributed by atoms with van der Waals surface area (Å²) >= 11 is 0. The average molecular weight is 269 g/mol. The van der Waals surface area contributed by atoms with E-state index in [-0.39, 0.29) is 0 Å². The Kier molecular flexibility index (Phi) is 4.53. The van der Waals surface area contributed by atoms with E-state index in [9.17, 15) is 9.90 Å². The van der Waals surface area contributed by atoms with Gasteiger partial charge in [0.05, 0.1) is 6.33 Å². The van der Waals surface area contributed by atoms with Gasteiger partial charge in [-0.15, -0.1) is 6.42 Å². The van der Waals surface area contributed by atoms with E-state index in [4.69, 9.17) is 6.42 Å². The number of nitrogens with zero attached hydrogens (tertiary/aromatic N) is 1. The molecule has 1 heterocycles. The van der Waals surface area contributed by atoms with Crippen molar-refractivity contribution in [2.45, 2.75) is 19.0 Å². The molecule has 0 amide bonds. The third-order valence-electron chi connectivity index (χ3n) is 2.95. The van der Waals surface area contributed by atoms with Gasteiger partial charge in [0.2, 0.25) is 0 Å². The van der Waals surface area contributed by atoms with E-state index in [1.807, 2.05) is 24.3 Å².